The van der Waals surface area contributed by atoms with Gasteiger partial charge in [0.1, 0.15) is 5.82 Å². The molecule has 0 aliphatic carbocycles. The van der Waals surface area contributed by atoms with Gasteiger partial charge in [0.25, 0.3) is 0 Å². The lowest BCUT2D eigenvalue weighted by Crippen LogP contribution is -1.99. The molecule has 0 amide bonds. The third-order valence-corrected chi connectivity index (χ3v) is 3.16. The van der Waals surface area contributed by atoms with Crippen LogP contribution in [-0.2, 0) is 0 Å². The lowest BCUT2D eigenvalue weighted by Gasteiger charge is -2.01. The second-order valence-electron chi connectivity index (χ2n) is 3.72. The lowest BCUT2D eigenvalue weighted by atomic mass is 10.1. The first-order chi connectivity index (χ1) is 8.20. The highest BCUT2D eigenvalue weighted by Gasteiger charge is 2.07. The number of anilines is 1. The van der Waals surface area contributed by atoms with E-state index < -0.39 is 0 Å². The van der Waals surface area contributed by atoms with E-state index in [0.717, 1.165) is 34.5 Å². The minimum absolute atomic E-state index is 0.699. The summed E-state index contributed by atoms with van der Waals surface area (Å²) in [5, 5.41) is 11.1. The van der Waals surface area contributed by atoms with Crippen molar-refractivity contribution in [2.75, 3.05) is 11.9 Å². The first-order valence-electron chi connectivity index (χ1n) is 5.45. The molecule has 0 spiro atoms. The zero-order chi connectivity index (χ0) is 12.3. The molecule has 90 valence electrons. The van der Waals surface area contributed by atoms with Crippen molar-refractivity contribution in [2.45, 2.75) is 13.3 Å². The summed E-state index contributed by atoms with van der Waals surface area (Å²) in [6.45, 7) is 3.03. The van der Waals surface area contributed by atoms with Crippen molar-refractivity contribution in [3.8, 4) is 11.3 Å². The van der Waals surface area contributed by atoms with Crippen molar-refractivity contribution in [3.05, 3.63) is 33.8 Å². The summed E-state index contributed by atoms with van der Waals surface area (Å²) in [4.78, 5) is 0. The minimum Gasteiger partial charge on any atom is -0.369 e. The maximum atomic E-state index is 6.18. The first-order valence-corrected chi connectivity index (χ1v) is 6.62. The Bertz CT molecular complexity index is 510. The maximum absolute atomic E-state index is 6.18. The van der Waals surface area contributed by atoms with Crippen LogP contribution in [0.1, 0.15) is 13.3 Å². The molecule has 1 aromatic carbocycles. The smallest absolute Gasteiger partial charge is 0.148 e. The molecule has 1 heterocycles. The van der Waals surface area contributed by atoms with Crippen LogP contribution in [0.4, 0.5) is 5.82 Å². The van der Waals surface area contributed by atoms with Gasteiger partial charge in [-0.15, -0.1) is 0 Å². The van der Waals surface area contributed by atoms with Crippen molar-refractivity contribution >= 4 is 33.3 Å². The fraction of sp³-hybridized carbons (Fsp3) is 0.250. The maximum Gasteiger partial charge on any atom is 0.148 e. The number of rotatable bonds is 4. The molecular weight excluding hydrogens is 302 g/mol. The van der Waals surface area contributed by atoms with Gasteiger partial charge in [-0.05, 0) is 18.6 Å². The highest BCUT2D eigenvalue weighted by atomic mass is 79.9. The molecule has 0 saturated carbocycles. The van der Waals surface area contributed by atoms with E-state index in [4.69, 9.17) is 11.6 Å². The third-order valence-electron chi connectivity index (χ3n) is 2.36. The standard InChI is InChI=1S/C12H13BrClN3/c1-2-5-15-12-7-11(16-17-12)9-4-3-8(13)6-10(9)14/h3-4,6-7H,2,5H2,1H3,(H2,15,16,17). The number of benzene rings is 1. The van der Waals surface area contributed by atoms with Gasteiger partial charge >= 0.3 is 0 Å². The Labute approximate surface area is 114 Å². The second kappa shape index (κ2) is 5.56. The van der Waals surface area contributed by atoms with Crippen molar-refractivity contribution in [3.63, 3.8) is 0 Å². The van der Waals surface area contributed by atoms with Gasteiger partial charge < -0.3 is 5.32 Å². The highest BCUT2D eigenvalue weighted by Crippen LogP contribution is 2.30. The minimum atomic E-state index is 0.699. The molecule has 5 heteroatoms. The quantitative estimate of drug-likeness (QED) is 0.882. The van der Waals surface area contributed by atoms with E-state index in [0.29, 0.717) is 5.02 Å². The van der Waals surface area contributed by atoms with Gasteiger partial charge in [0.2, 0.25) is 0 Å². The molecule has 2 N–H and O–H groups in total. The molecule has 0 atom stereocenters. The van der Waals surface area contributed by atoms with Crippen molar-refractivity contribution in [1.82, 2.24) is 10.2 Å². The number of halogens is 2. The fourth-order valence-corrected chi connectivity index (χ4v) is 2.29. The highest BCUT2D eigenvalue weighted by molar-refractivity contribution is 9.10. The van der Waals surface area contributed by atoms with E-state index >= 15 is 0 Å². The number of nitrogens with zero attached hydrogens (tertiary/aromatic N) is 1. The molecule has 0 aliphatic rings. The van der Waals surface area contributed by atoms with Gasteiger partial charge in [-0.25, -0.2) is 0 Å². The van der Waals surface area contributed by atoms with Gasteiger partial charge in [0.15, 0.2) is 0 Å². The van der Waals surface area contributed by atoms with Crippen molar-refractivity contribution < 1.29 is 0 Å². The monoisotopic (exact) mass is 313 g/mol. The molecule has 0 fully saturated rings. The molecule has 2 aromatic rings. The zero-order valence-corrected chi connectivity index (χ0v) is 11.8. The topological polar surface area (TPSA) is 40.7 Å². The number of hydrogen-bond acceptors (Lipinski definition) is 2. The average Bonchev–Trinajstić information content (AvgIpc) is 2.75. The molecule has 0 aliphatic heterocycles. The average molecular weight is 315 g/mol. The Balaban J connectivity index is 2.24. The van der Waals surface area contributed by atoms with E-state index in [1.807, 2.05) is 24.3 Å². The fourth-order valence-electron chi connectivity index (χ4n) is 1.51. The van der Waals surface area contributed by atoms with E-state index in [-0.39, 0.29) is 0 Å². The Hall–Kier alpha value is -1.00. The first kappa shape index (κ1) is 12.5. The molecule has 0 unspecified atom stereocenters. The van der Waals surface area contributed by atoms with Crippen LogP contribution in [0, 0.1) is 0 Å². The predicted molar refractivity (Wildman–Crippen MR) is 75.5 cm³/mol. The molecule has 17 heavy (non-hydrogen) atoms. The number of H-pyrrole nitrogens is 1. The van der Waals surface area contributed by atoms with Gasteiger partial charge in [-0.2, -0.15) is 5.10 Å². The molecule has 2 rings (SSSR count). The zero-order valence-electron chi connectivity index (χ0n) is 9.43. The summed E-state index contributed by atoms with van der Waals surface area (Å²) in [7, 11) is 0. The Morgan fingerprint density at radius 3 is 2.94 bits per heavy atom. The van der Waals surface area contributed by atoms with E-state index in [2.05, 4.69) is 38.4 Å². The molecular formula is C12H13BrClN3. The molecule has 0 bridgehead atoms. The van der Waals surface area contributed by atoms with Crippen LogP contribution in [0.3, 0.4) is 0 Å². The van der Waals surface area contributed by atoms with Gasteiger partial charge in [0.05, 0.1) is 10.7 Å². The number of aromatic amines is 1. The summed E-state index contributed by atoms with van der Waals surface area (Å²) in [5.74, 6) is 0.848. The van der Waals surface area contributed by atoms with Gasteiger partial charge in [-0.3, -0.25) is 5.10 Å². The normalized spacial score (nSPS) is 10.5. The Morgan fingerprint density at radius 2 is 2.24 bits per heavy atom. The summed E-state index contributed by atoms with van der Waals surface area (Å²) in [6, 6.07) is 7.76. The van der Waals surface area contributed by atoms with Crippen LogP contribution < -0.4 is 5.32 Å². The summed E-state index contributed by atoms with van der Waals surface area (Å²) in [5.41, 5.74) is 1.87. The van der Waals surface area contributed by atoms with Gasteiger partial charge in [-0.1, -0.05) is 40.5 Å². The number of hydrogen-bond donors (Lipinski definition) is 2. The van der Waals surface area contributed by atoms with Crippen LogP contribution in [0.15, 0.2) is 28.7 Å². The molecule has 0 saturated heterocycles. The largest absolute Gasteiger partial charge is 0.369 e. The van der Waals surface area contributed by atoms with E-state index in [9.17, 15) is 0 Å². The second-order valence-corrected chi connectivity index (χ2v) is 5.04. The Kier molecular flexibility index (Phi) is 4.07. The third kappa shape index (κ3) is 3.01. The number of aromatic nitrogens is 2. The van der Waals surface area contributed by atoms with Crippen molar-refractivity contribution in [1.29, 1.82) is 0 Å². The number of nitrogens with one attached hydrogen (secondary N) is 2. The van der Waals surface area contributed by atoms with Gasteiger partial charge in [0, 0.05) is 22.6 Å². The van der Waals surface area contributed by atoms with Crippen LogP contribution in [0.25, 0.3) is 11.3 Å². The van der Waals surface area contributed by atoms with Crippen molar-refractivity contribution in [2.24, 2.45) is 0 Å². The summed E-state index contributed by atoms with van der Waals surface area (Å²) in [6.07, 6.45) is 1.07. The summed E-state index contributed by atoms with van der Waals surface area (Å²) >= 11 is 9.57. The lowest BCUT2D eigenvalue weighted by molar-refractivity contribution is 0.961. The molecule has 3 nitrogen and oxygen atoms in total. The molecule has 0 radical (unpaired) electrons. The molecule has 1 aromatic heterocycles. The van der Waals surface area contributed by atoms with Crippen LogP contribution in [0.2, 0.25) is 5.02 Å². The summed E-state index contributed by atoms with van der Waals surface area (Å²) < 4.78 is 0.968. The van der Waals surface area contributed by atoms with Crippen LogP contribution in [0.5, 0.6) is 0 Å². The van der Waals surface area contributed by atoms with Crippen LogP contribution >= 0.6 is 27.5 Å². The Morgan fingerprint density at radius 1 is 1.41 bits per heavy atom. The van der Waals surface area contributed by atoms with Crippen LogP contribution in [-0.4, -0.2) is 16.7 Å². The SMILES string of the molecule is CCCNc1cc(-c2ccc(Br)cc2Cl)[nH]n1. The van der Waals surface area contributed by atoms with E-state index in [1.165, 1.54) is 0 Å². The van der Waals surface area contributed by atoms with E-state index in [1.54, 1.807) is 0 Å². The predicted octanol–water partition coefficient (Wildman–Crippen LogP) is 4.31.